The van der Waals surface area contributed by atoms with E-state index >= 15 is 0 Å². The minimum atomic E-state index is -3.59. The van der Waals surface area contributed by atoms with Crippen LogP contribution in [-0.2, 0) is 14.8 Å². The fraction of sp³-hybridized carbons (Fsp3) is 0.524. The molecule has 0 radical (unpaired) electrons. The lowest BCUT2D eigenvalue weighted by Gasteiger charge is -2.32. The Kier molecular flexibility index (Phi) is 6.82. The number of nitrogens with one attached hydrogen (secondary N) is 2. The van der Waals surface area contributed by atoms with Crippen molar-refractivity contribution in [1.29, 1.82) is 0 Å². The Morgan fingerprint density at radius 2 is 2.10 bits per heavy atom. The van der Waals surface area contributed by atoms with Gasteiger partial charge >= 0.3 is 0 Å². The highest BCUT2D eigenvalue weighted by molar-refractivity contribution is 7.89. The van der Waals surface area contributed by atoms with Crippen LogP contribution in [0.5, 0.6) is 5.75 Å². The van der Waals surface area contributed by atoms with Gasteiger partial charge in [-0.2, -0.15) is 9.40 Å². The van der Waals surface area contributed by atoms with Gasteiger partial charge in [0.15, 0.2) is 0 Å². The third-order valence-electron chi connectivity index (χ3n) is 5.63. The Hall–Kier alpha value is -2.39. The summed E-state index contributed by atoms with van der Waals surface area (Å²) in [6, 6.07) is 5.52. The van der Waals surface area contributed by atoms with E-state index in [0.717, 1.165) is 29.8 Å². The molecule has 2 N–H and O–H groups in total. The number of aromatic amines is 1. The molecule has 0 spiro atoms. The number of ether oxygens (including phenoxy) is 1. The van der Waals surface area contributed by atoms with E-state index in [0.29, 0.717) is 37.3 Å². The maximum Gasteiger partial charge on any atom is 0.246 e. The topological polar surface area (TPSA) is 104 Å². The third-order valence-corrected chi connectivity index (χ3v) is 7.76. The fourth-order valence-electron chi connectivity index (χ4n) is 3.98. The van der Waals surface area contributed by atoms with Crippen LogP contribution < -0.4 is 10.1 Å². The van der Waals surface area contributed by atoms with Gasteiger partial charge in [-0.3, -0.25) is 9.89 Å². The zero-order valence-corrected chi connectivity index (χ0v) is 18.8. The number of nitrogens with zero attached hydrogens (tertiary/aromatic N) is 2. The van der Waals surface area contributed by atoms with Crippen LogP contribution >= 0.6 is 0 Å². The lowest BCUT2D eigenvalue weighted by molar-refractivity contribution is -0.116. The monoisotopic (exact) mass is 434 g/mol. The van der Waals surface area contributed by atoms with Crippen LogP contribution in [0, 0.1) is 26.7 Å². The second-order valence-electron chi connectivity index (χ2n) is 7.90. The van der Waals surface area contributed by atoms with E-state index in [1.807, 2.05) is 25.1 Å². The number of sulfonamides is 1. The second kappa shape index (κ2) is 9.18. The van der Waals surface area contributed by atoms with Gasteiger partial charge in [-0.15, -0.1) is 0 Å². The lowest BCUT2D eigenvalue weighted by atomic mass is 9.94. The molecule has 1 fully saturated rings. The van der Waals surface area contributed by atoms with E-state index in [2.05, 4.69) is 15.5 Å². The first-order chi connectivity index (χ1) is 14.2. The molecule has 1 saturated heterocycles. The van der Waals surface area contributed by atoms with Crippen LogP contribution in [-0.4, -0.2) is 49.0 Å². The van der Waals surface area contributed by atoms with Gasteiger partial charge in [0, 0.05) is 25.2 Å². The van der Waals surface area contributed by atoms with Gasteiger partial charge in [0.1, 0.15) is 10.6 Å². The van der Waals surface area contributed by atoms with Gasteiger partial charge in [-0.1, -0.05) is 0 Å². The number of piperidine rings is 1. The fourth-order valence-corrected chi connectivity index (χ4v) is 5.87. The molecule has 8 nitrogen and oxygen atoms in total. The maximum absolute atomic E-state index is 13.1. The maximum atomic E-state index is 13.1. The highest BCUT2D eigenvalue weighted by Gasteiger charge is 2.33. The van der Waals surface area contributed by atoms with E-state index < -0.39 is 10.0 Å². The molecule has 1 amide bonds. The van der Waals surface area contributed by atoms with Crippen LogP contribution in [0.4, 0.5) is 5.69 Å². The smallest absolute Gasteiger partial charge is 0.246 e. The van der Waals surface area contributed by atoms with Crippen molar-refractivity contribution in [2.45, 2.75) is 51.3 Å². The molecule has 1 unspecified atom stereocenters. The van der Waals surface area contributed by atoms with Gasteiger partial charge in [-0.25, -0.2) is 8.42 Å². The molecule has 2 heterocycles. The molecule has 164 valence electrons. The number of hydrogen-bond acceptors (Lipinski definition) is 5. The Morgan fingerprint density at radius 3 is 2.73 bits per heavy atom. The molecule has 1 aromatic carbocycles. The molecular weight excluding hydrogens is 404 g/mol. The lowest BCUT2D eigenvalue weighted by Crippen LogP contribution is -2.40. The second-order valence-corrected chi connectivity index (χ2v) is 9.78. The SMILES string of the molecule is COc1ccc(NC(=O)CCC2CCCN(S(=O)(=O)c3c(C)n[nH]c3C)C2)c(C)c1. The quantitative estimate of drug-likeness (QED) is 0.697. The summed E-state index contributed by atoms with van der Waals surface area (Å²) >= 11 is 0. The number of anilines is 1. The molecule has 0 aliphatic carbocycles. The summed E-state index contributed by atoms with van der Waals surface area (Å²) in [7, 11) is -1.98. The largest absolute Gasteiger partial charge is 0.497 e. The van der Waals surface area contributed by atoms with E-state index in [4.69, 9.17) is 4.74 Å². The van der Waals surface area contributed by atoms with Crippen molar-refractivity contribution < 1.29 is 17.9 Å². The molecule has 3 rings (SSSR count). The van der Waals surface area contributed by atoms with Crippen LogP contribution in [0.2, 0.25) is 0 Å². The number of aryl methyl sites for hydroxylation is 3. The van der Waals surface area contributed by atoms with Gasteiger partial charge in [-0.05, 0) is 69.7 Å². The summed E-state index contributed by atoms with van der Waals surface area (Å²) in [5, 5.41) is 9.71. The number of carbonyl (C=O) groups is 1. The first-order valence-corrected chi connectivity index (χ1v) is 11.6. The minimum Gasteiger partial charge on any atom is -0.497 e. The predicted octanol–water partition coefficient (Wildman–Crippen LogP) is 3.16. The molecule has 0 saturated carbocycles. The molecular formula is C21H30N4O4S. The summed E-state index contributed by atoms with van der Waals surface area (Å²) in [4.78, 5) is 12.7. The van der Waals surface area contributed by atoms with E-state index in [9.17, 15) is 13.2 Å². The van der Waals surface area contributed by atoms with Gasteiger partial charge in [0.25, 0.3) is 0 Å². The first kappa shape index (κ1) is 22.3. The van der Waals surface area contributed by atoms with Crippen molar-refractivity contribution in [1.82, 2.24) is 14.5 Å². The van der Waals surface area contributed by atoms with Crippen molar-refractivity contribution in [3.63, 3.8) is 0 Å². The van der Waals surface area contributed by atoms with Crippen molar-refractivity contribution >= 4 is 21.6 Å². The Bertz CT molecular complexity index is 997. The number of rotatable bonds is 7. The summed E-state index contributed by atoms with van der Waals surface area (Å²) in [6.45, 7) is 6.27. The van der Waals surface area contributed by atoms with E-state index in [1.165, 1.54) is 4.31 Å². The van der Waals surface area contributed by atoms with E-state index in [1.54, 1.807) is 21.0 Å². The first-order valence-electron chi connectivity index (χ1n) is 10.2. The number of benzene rings is 1. The highest BCUT2D eigenvalue weighted by Crippen LogP contribution is 2.29. The highest BCUT2D eigenvalue weighted by atomic mass is 32.2. The summed E-state index contributed by atoms with van der Waals surface area (Å²) in [5.74, 6) is 0.839. The summed E-state index contributed by atoms with van der Waals surface area (Å²) < 4.78 is 32.9. The number of amides is 1. The zero-order valence-electron chi connectivity index (χ0n) is 18.0. The van der Waals surface area contributed by atoms with Crippen molar-refractivity contribution in [2.75, 3.05) is 25.5 Å². The minimum absolute atomic E-state index is 0.0650. The van der Waals surface area contributed by atoms with Gasteiger partial charge < -0.3 is 10.1 Å². The van der Waals surface area contributed by atoms with Crippen LogP contribution in [0.3, 0.4) is 0 Å². The molecule has 1 aromatic heterocycles. The average molecular weight is 435 g/mol. The Morgan fingerprint density at radius 1 is 1.33 bits per heavy atom. The van der Waals surface area contributed by atoms with Crippen molar-refractivity contribution in [2.24, 2.45) is 5.92 Å². The Balaban J connectivity index is 1.58. The predicted molar refractivity (Wildman–Crippen MR) is 115 cm³/mol. The standard InChI is InChI=1S/C21H30N4O4S/c1-14-12-18(29-4)8-9-19(14)22-20(26)10-7-17-6-5-11-25(13-17)30(27,28)21-15(2)23-24-16(21)3/h8-9,12,17H,5-7,10-11,13H2,1-4H3,(H,22,26)(H,23,24). The molecule has 1 aliphatic heterocycles. The van der Waals surface area contributed by atoms with Crippen LogP contribution in [0.25, 0.3) is 0 Å². The molecule has 1 aliphatic rings. The van der Waals surface area contributed by atoms with Gasteiger partial charge in [0.05, 0.1) is 18.5 Å². The zero-order chi connectivity index (χ0) is 21.9. The third kappa shape index (κ3) is 4.84. The van der Waals surface area contributed by atoms with E-state index in [-0.39, 0.29) is 16.7 Å². The molecule has 1 atom stereocenters. The molecule has 2 aromatic rings. The summed E-state index contributed by atoms with van der Waals surface area (Å²) in [5.41, 5.74) is 2.75. The average Bonchev–Trinajstić information content (AvgIpc) is 3.07. The van der Waals surface area contributed by atoms with Crippen molar-refractivity contribution in [3.05, 3.63) is 35.2 Å². The van der Waals surface area contributed by atoms with Crippen LogP contribution in [0.15, 0.2) is 23.1 Å². The normalized spacial score (nSPS) is 17.7. The molecule has 0 bridgehead atoms. The number of H-pyrrole nitrogens is 1. The number of hydrogen-bond donors (Lipinski definition) is 2. The van der Waals surface area contributed by atoms with Crippen LogP contribution in [0.1, 0.15) is 42.6 Å². The number of methoxy groups -OCH3 is 1. The van der Waals surface area contributed by atoms with Gasteiger partial charge in [0.2, 0.25) is 15.9 Å². The number of aromatic nitrogens is 2. The Labute approximate surface area is 178 Å². The summed E-state index contributed by atoms with van der Waals surface area (Å²) in [6.07, 6.45) is 2.72. The molecule has 30 heavy (non-hydrogen) atoms. The van der Waals surface area contributed by atoms with Crippen molar-refractivity contribution in [3.8, 4) is 5.75 Å². The number of carbonyl (C=O) groups excluding carboxylic acids is 1. The molecule has 9 heteroatoms.